The molecule has 1 aromatic rings. The minimum Gasteiger partial charge on any atom is -0.481 e. The number of aliphatic carboxylic acids is 1. The molecule has 1 aromatic carbocycles. The molecule has 1 atom stereocenters. The van der Waals surface area contributed by atoms with Gasteiger partial charge < -0.3 is 5.11 Å². The molecular weight excluding hydrogens is 207 g/mol. The van der Waals surface area contributed by atoms with E-state index in [1.165, 1.54) is 0 Å². The van der Waals surface area contributed by atoms with Crippen molar-refractivity contribution >= 4 is 5.97 Å². The second-order valence-corrected chi connectivity index (χ2v) is 4.41. The Bertz CT molecular complexity index is 385. The summed E-state index contributed by atoms with van der Waals surface area (Å²) in [6.07, 6.45) is 2.04. The SMILES string of the molecule is O=C(O)Cc1cccc(C(F)C2CCC2)c1. The number of alkyl halides is 1. The summed E-state index contributed by atoms with van der Waals surface area (Å²) >= 11 is 0. The van der Waals surface area contributed by atoms with E-state index in [9.17, 15) is 9.18 Å². The van der Waals surface area contributed by atoms with E-state index in [2.05, 4.69) is 0 Å². The number of carboxylic acids is 1. The van der Waals surface area contributed by atoms with Crippen LogP contribution < -0.4 is 0 Å². The fourth-order valence-corrected chi connectivity index (χ4v) is 2.05. The maximum absolute atomic E-state index is 14.0. The molecular formula is C13H15FO2. The lowest BCUT2D eigenvalue weighted by molar-refractivity contribution is -0.136. The van der Waals surface area contributed by atoms with Gasteiger partial charge in [0.25, 0.3) is 0 Å². The molecule has 0 bridgehead atoms. The van der Waals surface area contributed by atoms with E-state index in [0.29, 0.717) is 11.1 Å². The summed E-state index contributed by atoms with van der Waals surface area (Å²) in [7, 11) is 0. The van der Waals surface area contributed by atoms with Gasteiger partial charge in [-0.2, -0.15) is 0 Å². The first-order valence-electron chi connectivity index (χ1n) is 5.61. The third-order valence-electron chi connectivity index (χ3n) is 3.19. The summed E-state index contributed by atoms with van der Waals surface area (Å²) in [4.78, 5) is 10.6. The van der Waals surface area contributed by atoms with Crippen LogP contribution in [-0.2, 0) is 11.2 Å². The molecule has 1 aliphatic rings. The molecule has 1 N–H and O–H groups in total. The summed E-state index contributed by atoms with van der Waals surface area (Å²) in [6.45, 7) is 0. The predicted molar refractivity (Wildman–Crippen MR) is 59.0 cm³/mol. The average molecular weight is 222 g/mol. The van der Waals surface area contributed by atoms with Gasteiger partial charge in [0.15, 0.2) is 0 Å². The van der Waals surface area contributed by atoms with Crippen molar-refractivity contribution in [2.24, 2.45) is 5.92 Å². The van der Waals surface area contributed by atoms with E-state index in [-0.39, 0.29) is 12.3 Å². The van der Waals surface area contributed by atoms with Crippen LogP contribution in [0.25, 0.3) is 0 Å². The highest BCUT2D eigenvalue weighted by molar-refractivity contribution is 5.70. The Morgan fingerprint density at radius 2 is 2.25 bits per heavy atom. The smallest absolute Gasteiger partial charge is 0.307 e. The van der Waals surface area contributed by atoms with Gasteiger partial charge in [0, 0.05) is 0 Å². The number of carboxylic acid groups (broad SMARTS) is 1. The zero-order valence-electron chi connectivity index (χ0n) is 9.03. The highest BCUT2D eigenvalue weighted by Gasteiger charge is 2.28. The number of hydrogen-bond acceptors (Lipinski definition) is 1. The van der Waals surface area contributed by atoms with Crippen molar-refractivity contribution in [3.05, 3.63) is 35.4 Å². The zero-order chi connectivity index (χ0) is 11.5. The van der Waals surface area contributed by atoms with E-state index >= 15 is 0 Å². The molecule has 0 spiro atoms. The maximum atomic E-state index is 14.0. The molecule has 1 aliphatic carbocycles. The van der Waals surface area contributed by atoms with Crippen LogP contribution in [0.1, 0.15) is 36.6 Å². The summed E-state index contributed by atoms with van der Waals surface area (Å²) < 4.78 is 14.0. The van der Waals surface area contributed by atoms with Gasteiger partial charge in [-0.05, 0) is 29.9 Å². The van der Waals surface area contributed by atoms with Crippen molar-refractivity contribution in [2.45, 2.75) is 31.9 Å². The molecule has 2 nitrogen and oxygen atoms in total. The van der Waals surface area contributed by atoms with E-state index in [4.69, 9.17) is 5.11 Å². The van der Waals surface area contributed by atoms with Gasteiger partial charge in [-0.1, -0.05) is 30.7 Å². The molecule has 16 heavy (non-hydrogen) atoms. The third kappa shape index (κ3) is 2.40. The Morgan fingerprint density at radius 3 is 2.81 bits per heavy atom. The number of benzene rings is 1. The summed E-state index contributed by atoms with van der Waals surface area (Å²) in [6, 6.07) is 6.88. The van der Waals surface area contributed by atoms with E-state index in [0.717, 1.165) is 19.3 Å². The molecule has 0 amide bonds. The lowest BCUT2D eigenvalue weighted by Gasteiger charge is -2.29. The number of hydrogen-bond donors (Lipinski definition) is 1. The van der Waals surface area contributed by atoms with Gasteiger partial charge in [-0.3, -0.25) is 4.79 Å². The normalized spacial score (nSPS) is 17.8. The highest BCUT2D eigenvalue weighted by Crippen LogP contribution is 2.40. The zero-order valence-corrected chi connectivity index (χ0v) is 9.03. The number of rotatable bonds is 4. The number of carbonyl (C=O) groups is 1. The van der Waals surface area contributed by atoms with Crippen LogP contribution in [0.5, 0.6) is 0 Å². The Balaban J connectivity index is 2.11. The highest BCUT2D eigenvalue weighted by atomic mass is 19.1. The topological polar surface area (TPSA) is 37.3 Å². The molecule has 1 saturated carbocycles. The van der Waals surface area contributed by atoms with Gasteiger partial charge in [0.1, 0.15) is 6.17 Å². The van der Waals surface area contributed by atoms with Crippen LogP contribution in [0.4, 0.5) is 4.39 Å². The van der Waals surface area contributed by atoms with Crippen molar-refractivity contribution < 1.29 is 14.3 Å². The van der Waals surface area contributed by atoms with Crippen LogP contribution in [0, 0.1) is 5.92 Å². The number of halogens is 1. The van der Waals surface area contributed by atoms with E-state index < -0.39 is 12.1 Å². The van der Waals surface area contributed by atoms with E-state index in [1.54, 1.807) is 24.3 Å². The molecule has 2 rings (SSSR count). The monoisotopic (exact) mass is 222 g/mol. The summed E-state index contributed by atoms with van der Waals surface area (Å²) in [5.74, 6) is -0.740. The Morgan fingerprint density at radius 1 is 1.50 bits per heavy atom. The lowest BCUT2D eigenvalue weighted by atomic mass is 9.79. The van der Waals surface area contributed by atoms with Crippen molar-refractivity contribution in [3.63, 3.8) is 0 Å². The average Bonchev–Trinajstić information content (AvgIpc) is 2.14. The molecule has 1 fully saturated rings. The first kappa shape index (κ1) is 11.1. The quantitative estimate of drug-likeness (QED) is 0.849. The fourth-order valence-electron chi connectivity index (χ4n) is 2.05. The largest absolute Gasteiger partial charge is 0.481 e. The lowest BCUT2D eigenvalue weighted by Crippen LogP contribution is -2.17. The Labute approximate surface area is 94.1 Å². The first-order chi connectivity index (χ1) is 7.66. The van der Waals surface area contributed by atoms with E-state index in [1.807, 2.05) is 0 Å². The van der Waals surface area contributed by atoms with Crippen molar-refractivity contribution in [1.82, 2.24) is 0 Å². The maximum Gasteiger partial charge on any atom is 0.307 e. The van der Waals surface area contributed by atoms with Gasteiger partial charge >= 0.3 is 5.97 Å². The molecule has 0 aliphatic heterocycles. The minimum absolute atomic E-state index is 0.0365. The Kier molecular flexibility index (Phi) is 3.22. The summed E-state index contributed by atoms with van der Waals surface area (Å²) in [5, 5.41) is 8.67. The standard InChI is InChI=1S/C13H15FO2/c14-13(10-4-2-5-10)11-6-1-3-9(7-11)8-12(15)16/h1,3,6-7,10,13H,2,4-5,8H2,(H,15,16). The van der Waals surface area contributed by atoms with Crippen molar-refractivity contribution in [3.8, 4) is 0 Å². The third-order valence-corrected chi connectivity index (χ3v) is 3.19. The molecule has 0 saturated heterocycles. The van der Waals surface area contributed by atoms with Gasteiger partial charge in [-0.15, -0.1) is 0 Å². The molecule has 86 valence electrons. The molecule has 0 aromatic heterocycles. The van der Waals surface area contributed by atoms with Crippen molar-refractivity contribution in [2.75, 3.05) is 0 Å². The molecule has 1 unspecified atom stereocenters. The second-order valence-electron chi connectivity index (χ2n) is 4.41. The van der Waals surface area contributed by atoms with Crippen LogP contribution in [0.2, 0.25) is 0 Å². The van der Waals surface area contributed by atoms with Crippen LogP contribution in [0.3, 0.4) is 0 Å². The van der Waals surface area contributed by atoms with Crippen LogP contribution in [0.15, 0.2) is 24.3 Å². The van der Waals surface area contributed by atoms with Crippen LogP contribution in [-0.4, -0.2) is 11.1 Å². The molecule has 0 heterocycles. The van der Waals surface area contributed by atoms with Gasteiger partial charge in [-0.25, -0.2) is 4.39 Å². The fraction of sp³-hybridized carbons (Fsp3) is 0.462. The van der Waals surface area contributed by atoms with Crippen LogP contribution >= 0.6 is 0 Å². The predicted octanol–water partition coefficient (Wildman–Crippen LogP) is 3.12. The summed E-state index contributed by atoms with van der Waals surface area (Å²) in [5.41, 5.74) is 1.30. The van der Waals surface area contributed by atoms with Gasteiger partial charge in [0.2, 0.25) is 0 Å². The minimum atomic E-state index is -0.928. The van der Waals surface area contributed by atoms with Crippen molar-refractivity contribution in [1.29, 1.82) is 0 Å². The first-order valence-corrected chi connectivity index (χ1v) is 5.61. The molecule has 3 heteroatoms. The second kappa shape index (κ2) is 4.64. The van der Waals surface area contributed by atoms with Gasteiger partial charge in [0.05, 0.1) is 6.42 Å². The Hall–Kier alpha value is -1.38. The molecule has 0 radical (unpaired) electrons.